The molecule has 1 aliphatic rings. The number of methoxy groups -OCH3 is 1. The Morgan fingerprint density at radius 3 is 2.81 bits per heavy atom. The first-order chi connectivity index (χ1) is 10.1. The first kappa shape index (κ1) is 14.1. The predicted molar refractivity (Wildman–Crippen MR) is 86.8 cm³/mol. The highest BCUT2D eigenvalue weighted by Gasteiger charge is 2.27. The SMILES string of the molecule is COc1cccc2c1N(C(=O)c1cc(C)c(C)s1)CCC2. The molecule has 1 aromatic heterocycles. The van der Waals surface area contributed by atoms with Crippen molar-refractivity contribution in [3.05, 3.63) is 45.1 Å². The number of thiophene rings is 1. The highest BCUT2D eigenvalue weighted by molar-refractivity contribution is 7.14. The zero-order valence-electron chi connectivity index (χ0n) is 12.6. The number of nitrogens with zero attached hydrogens (tertiary/aromatic N) is 1. The monoisotopic (exact) mass is 301 g/mol. The summed E-state index contributed by atoms with van der Waals surface area (Å²) in [5.74, 6) is 0.868. The van der Waals surface area contributed by atoms with Gasteiger partial charge in [-0.3, -0.25) is 4.79 Å². The number of aryl methyl sites for hydroxylation is 3. The number of carbonyl (C=O) groups excluding carboxylic acids is 1. The average Bonchev–Trinajstić information content (AvgIpc) is 2.84. The molecule has 21 heavy (non-hydrogen) atoms. The van der Waals surface area contributed by atoms with Crippen LogP contribution in [0, 0.1) is 13.8 Å². The van der Waals surface area contributed by atoms with E-state index in [0.717, 1.165) is 35.7 Å². The largest absolute Gasteiger partial charge is 0.495 e. The van der Waals surface area contributed by atoms with Gasteiger partial charge in [-0.25, -0.2) is 0 Å². The number of carbonyl (C=O) groups is 1. The van der Waals surface area contributed by atoms with Crippen molar-refractivity contribution in [1.29, 1.82) is 0 Å². The van der Waals surface area contributed by atoms with Crippen molar-refractivity contribution in [2.75, 3.05) is 18.6 Å². The summed E-state index contributed by atoms with van der Waals surface area (Å²) in [6.07, 6.45) is 1.99. The molecule has 0 fully saturated rings. The molecule has 1 aliphatic heterocycles. The molecular formula is C17H19NO2S. The zero-order chi connectivity index (χ0) is 15.0. The van der Waals surface area contributed by atoms with Crippen molar-refractivity contribution in [3.63, 3.8) is 0 Å². The maximum absolute atomic E-state index is 12.9. The van der Waals surface area contributed by atoms with E-state index in [9.17, 15) is 4.79 Å². The Morgan fingerprint density at radius 1 is 1.33 bits per heavy atom. The third-order valence-corrected chi connectivity index (χ3v) is 5.16. The van der Waals surface area contributed by atoms with Crippen LogP contribution in [0.1, 0.15) is 32.1 Å². The smallest absolute Gasteiger partial charge is 0.268 e. The first-order valence-electron chi connectivity index (χ1n) is 7.16. The summed E-state index contributed by atoms with van der Waals surface area (Å²) in [5.41, 5.74) is 3.32. The molecule has 0 spiro atoms. The van der Waals surface area contributed by atoms with E-state index in [1.165, 1.54) is 16.0 Å². The molecular weight excluding hydrogens is 282 g/mol. The molecule has 2 aromatic rings. The van der Waals surface area contributed by atoms with Gasteiger partial charge in [0.15, 0.2) is 0 Å². The molecule has 0 saturated carbocycles. The quantitative estimate of drug-likeness (QED) is 0.840. The highest BCUT2D eigenvalue weighted by atomic mass is 32.1. The van der Waals surface area contributed by atoms with E-state index in [1.807, 2.05) is 30.0 Å². The number of hydrogen-bond acceptors (Lipinski definition) is 3. The van der Waals surface area contributed by atoms with Gasteiger partial charge in [0.1, 0.15) is 5.75 Å². The minimum Gasteiger partial charge on any atom is -0.495 e. The third-order valence-electron chi connectivity index (χ3n) is 4.02. The van der Waals surface area contributed by atoms with Gasteiger partial charge in [0.25, 0.3) is 5.91 Å². The van der Waals surface area contributed by atoms with Crippen molar-refractivity contribution in [2.24, 2.45) is 0 Å². The van der Waals surface area contributed by atoms with Gasteiger partial charge in [0, 0.05) is 11.4 Å². The molecule has 1 aromatic carbocycles. The normalized spacial score (nSPS) is 14.0. The Bertz CT molecular complexity index is 656. The van der Waals surface area contributed by atoms with E-state index >= 15 is 0 Å². The van der Waals surface area contributed by atoms with E-state index in [0.29, 0.717) is 0 Å². The number of ether oxygens (including phenoxy) is 1. The van der Waals surface area contributed by atoms with Gasteiger partial charge in [0.05, 0.1) is 17.7 Å². The summed E-state index contributed by atoms with van der Waals surface area (Å²) in [4.78, 5) is 16.8. The van der Waals surface area contributed by atoms with Crippen molar-refractivity contribution >= 4 is 22.9 Å². The van der Waals surface area contributed by atoms with Gasteiger partial charge >= 0.3 is 0 Å². The van der Waals surface area contributed by atoms with Crippen LogP contribution in [-0.4, -0.2) is 19.6 Å². The number of anilines is 1. The van der Waals surface area contributed by atoms with E-state index in [-0.39, 0.29) is 5.91 Å². The van der Waals surface area contributed by atoms with Gasteiger partial charge in [-0.1, -0.05) is 12.1 Å². The van der Waals surface area contributed by atoms with Crippen molar-refractivity contribution < 1.29 is 9.53 Å². The molecule has 0 aliphatic carbocycles. The van der Waals surface area contributed by atoms with Crippen LogP contribution in [0.15, 0.2) is 24.3 Å². The minimum atomic E-state index is 0.0849. The van der Waals surface area contributed by atoms with Crippen LogP contribution in [0.4, 0.5) is 5.69 Å². The van der Waals surface area contributed by atoms with Crippen LogP contribution in [0.2, 0.25) is 0 Å². The Kier molecular flexibility index (Phi) is 3.72. The predicted octanol–water partition coefficient (Wildman–Crippen LogP) is 3.97. The number of fused-ring (bicyclic) bond motifs is 1. The van der Waals surface area contributed by atoms with Crippen LogP contribution in [0.3, 0.4) is 0 Å². The Labute approximate surface area is 129 Å². The van der Waals surface area contributed by atoms with E-state index < -0.39 is 0 Å². The molecule has 3 rings (SSSR count). The third kappa shape index (κ3) is 2.44. The number of para-hydroxylation sites is 1. The molecule has 0 bridgehead atoms. The Balaban J connectivity index is 2.03. The van der Waals surface area contributed by atoms with Crippen LogP contribution in [0.25, 0.3) is 0 Å². The standard InChI is InChI=1S/C17H19NO2S/c1-11-10-15(21-12(11)2)17(19)18-9-5-7-13-6-4-8-14(20-3)16(13)18/h4,6,8,10H,5,7,9H2,1-3H3. The molecule has 3 nitrogen and oxygen atoms in total. The molecule has 1 amide bonds. The molecule has 0 saturated heterocycles. The summed E-state index contributed by atoms with van der Waals surface area (Å²) in [7, 11) is 1.66. The van der Waals surface area contributed by atoms with Gasteiger partial charge in [-0.15, -0.1) is 11.3 Å². The molecule has 0 atom stereocenters. The van der Waals surface area contributed by atoms with Crippen molar-refractivity contribution in [1.82, 2.24) is 0 Å². The molecule has 4 heteroatoms. The maximum atomic E-state index is 12.9. The lowest BCUT2D eigenvalue weighted by Crippen LogP contribution is -2.35. The van der Waals surface area contributed by atoms with Gasteiger partial charge in [0.2, 0.25) is 0 Å². The summed E-state index contributed by atoms with van der Waals surface area (Å²) in [6.45, 7) is 4.86. The van der Waals surface area contributed by atoms with Crippen LogP contribution in [0.5, 0.6) is 5.75 Å². The molecule has 0 N–H and O–H groups in total. The maximum Gasteiger partial charge on any atom is 0.268 e. The fraction of sp³-hybridized carbons (Fsp3) is 0.353. The summed E-state index contributed by atoms with van der Waals surface area (Å²) in [6, 6.07) is 7.99. The van der Waals surface area contributed by atoms with Crippen LogP contribution >= 0.6 is 11.3 Å². The molecule has 2 heterocycles. The lowest BCUT2D eigenvalue weighted by atomic mass is 10.0. The van der Waals surface area contributed by atoms with Crippen molar-refractivity contribution in [2.45, 2.75) is 26.7 Å². The number of rotatable bonds is 2. The second kappa shape index (κ2) is 5.53. The van der Waals surface area contributed by atoms with Crippen molar-refractivity contribution in [3.8, 4) is 5.75 Å². The van der Waals surface area contributed by atoms with Crippen LogP contribution in [-0.2, 0) is 6.42 Å². The number of hydrogen-bond donors (Lipinski definition) is 0. The molecule has 110 valence electrons. The second-order valence-corrected chi connectivity index (χ2v) is 6.63. The topological polar surface area (TPSA) is 29.5 Å². The zero-order valence-corrected chi connectivity index (χ0v) is 13.4. The van der Waals surface area contributed by atoms with E-state index in [1.54, 1.807) is 18.4 Å². The minimum absolute atomic E-state index is 0.0849. The molecule has 0 radical (unpaired) electrons. The van der Waals surface area contributed by atoms with Crippen LogP contribution < -0.4 is 9.64 Å². The Hall–Kier alpha value is -1.81. The van der Waals surface area contributed by atoms with E-state index in [2.05, 4.69) is 13.0 Å². The fourth-order valence-corrected chi connectivity index (χ4v) is 3.78. The second-order valence-electron chi connectivity index (χ2n) is 5.38. The summed E-state index contributed by atoms with van der Waals surface area (Å²) < 4.78 is 5.47. The molecule has 0 unspecified atom stereocenters. The van der Waals surface area contributed by atoms with Gasteiger partial charge < -0.3 is 9.64 Å². The number of amides is 1. The van der Waals surface area contributed by atoms with Gasteiger partial charge in [-0.05, 0) is 49.9 Å². The lowest BCUT2D eigenvalue weighted by molar-refractivity contribution is 0.0988. The fourth-order valence-electron chi connectivity index (χ4n) is 2.79. The average molecular weight is 301 g/mol. The lowest BCUT2D eigenvalue weighted by Gasteiger charge is -2.30. The first-order valence-corrected chi connectivity index (χ1v) is 7.98. The van der Waals surface area contributed by atoms with Gasteiger partial charge in [-0.2, -0.15) is 0 Å². The summed E-state index contributed by atoms with van der Waals surface area (Å²) in [5, 5.41) is 0. The van der Waals surface area contributed by atoms with E-state index in [4.69, 9.17) is 4.74 Å². The Morgan fingerprint density at radius 2 is 2.14 bits per heavy atom. The number of benzene rings is 1. The highest BCUT2D eigenvalue weighted by Crippen LogP contribution is 2.37. The summed E-state index contributed by atoms with van der Waals surface area (Å²) >= 11 is 1.57.